The van der Waals surface area contributed by atoms with E-state index in [1.165, 1.54) is 4.90 Å². The lowest BCUT2D eigenvalue weighted by atomic mass is 9.71. The largest absolute Gasteiger partial charge is 0.497 e. The average molecular weight is 564 g/mol. The topological polar surface area (TPSA) is 82.9 Å². The van der Waals surface area contributed by atoms with Gasteiger partial charge in [-0.2, -0.15) is 0 Å². The van der Waals surface area contributed by atoms with Crippen molar-refractivity contribution in [3.8, 4) is 5.75 Å². The summed E-state index contributed by atoms with van der Waals surface area (Å²) in [7, 11) is 1.59. The molecule has 2 aromatic carbocycles. The molecule has 4 rings (SSSR count). The molecule has 1 saturated heterocycles. The van der Waals surface area contributed by atoms with Crippen molar-refractivity contribution >= 4 is 51.8 Å². The molecule has 2 N–H and O–H groups in total. The van der Waals surface area contributed by atoms with Crippen LogP contribution in [-0.4, -0.2) is 58.6 Å². The highest BCUT2D eigenvalue weighted by molar-refractivity contribution is 7.99. The van der Waals surface area contributed by atoms with E-state index in [-0.39, 0.29) is 11.8 Å². The third kappa shape index (κ3) is 7.30. The lowest BCUT2D eigenvalue weighted by molar-refractivity contribution is -0.141. The number of rotatable bonds is 11. The number of aliphatic carboxylic acids is 1. The molecule has 6 nitrogen and oxygen atoms in total. The van der Waals surface area contributed by atoms with Crippen molar-refractivity contribution < 1.29 is 19.7 Å². The monoisotopic (exact) mass is 562 g/mol. The van der Waals surface area contributed by atoms with Crippen molar-refractivity contribution in [2.75, 3.05) is 32.5 Å². The number of halogens is 2. The van der Waals surface area contributed by atoms with E-state index in [1.54, 1.807) is 25.1 Å². The first-order valence-corrected chi connectivity index (χ1v) is 14.2. The third-order valence-corrected chi connectivity index (χ3v) is 8.83. The van der Waals surface area contributed by atoms with Gasteiger partial charge < -0.3 is 19.8 Å². The minimum Gasteiger partial charge on any atom is -0.497 e. The number of pyridine rings is 1. The Kier molecular flexibility index (Phi) is 9.59. The summed E-state index contributed by atoms with van der Waals surface area (Å²) in [5, 5.41) is 22.8. The Bertz CT molecular complexity index is 1220. The van der Waals surface area contributed by atoms with Crippen molar-refractivity contribution in [2.24, 2.45) is 5.41 Å². The smallest absolute Gasteiger partial charge is 0.303 e. The van der Waals surface area contributed by atoms with Gasteiger partial charge in [0.05, 0.1) is 30.2 Å². The number of carboxylic acid groups (broad SMARTS) is 1. The Balaban J connectivity index is 1.38. The van der Waals surface area contributed by atoms with Crippen LogP contribution in [0, 0.1) is 5.41 Å². The van der Waals surface area contributed by atoms with E-state index in [4.69, 9.17) is 27.9 Å². The van der Waals surface area contributed by atoms with Crippen molar-refractivity contribution in [1.82, 2.24) is 9.88 Å². The number of hydrogen-bond acceptors (Lipinski definition) is 6. The Labute approximate surface area is 231 Å². The fraction of sp³-hybridized carbons (Fsp3) is 0.429. The highest BCUT2D eigenvalue weighted by atomic mass is 35.5. The number of fused-ring (bicyclic) bond motifs is 1. The Morgan fingerprint density at radius 2 is 1.92 bits per heavy atom. The van der Waals surface area contributed by atoms with Crippen molar-refractivity contribution in [2.45, 2.75) is 43.1 Å². The van der Waals surface area contributed by atoms with Crippen LogP contribution < -0.4 is 4.74 Å². The molecule has 1 fully saturated rings. The molecule has 3 aromatic rings. The summed E-state index contributed by atoms with van der Waals surface area (Å²) in [6.45, 7) is 2.64. The zero-order valence-corrected chi connectivity index (χ0v) is 23.2. The van der Waals surface area contributed by atoms with Crippen LogP contribution in [0.25, 0.3) is 10.9 Å². The SMILES string of the molecule is COc1ccc2ncc(Cl)c([C@H](O)CCC3(CC(=O)O)CCN(CCSc4ccc(Cl)cc4)CC3)c2c1. The number of ether oxygens (including phenoxy) is 1. The molecule has 0 amide bonds. The number of aromatic nitrogens is 1. The summed E-state index contributed by atoms with van der Waals surface area (Å²) in [4.78, 5) is 19.7. The van der Waals surface area contributed by atoms with E-state index in [1.807, 2.05) is 42.5 Å². The van der Waals surface area contributed by atoms with Crippen molar-refractivity contribution in [1.29, 1.82) is 0 Å². The quantitative estimate of drug-likeness (QED) is 0.251. The molecular weight excluding hydrogens is 531 g/mol. The molecule has 0 radical (unpaired) electrons. The molecule has 9 heteroatoms. The lowest BCUT2D eigenvalue weighted by Gasteiger charge is -2.41. The number of carboxylic acids is 1. The molecular formula is C28H32Cl2N2O4S. The van der Waals surface area contributed by atoms with Crippen LogP contribution in [0.3, 0.4) is 0 Å². The van der Waals surface area contributed by atoms with Gasteiger partial charge in [-0.05, 0) is 86.7 Å². The summed E-state index contributed by atoms with van der Waals surface area (Å²) >= 11 is 14.2. The van der Waals surface area contributed by atoms with Gasteiger partial charge in [-0.1, -0.05) is 23.2 Å². The molecule has 198 valence electrons. The summed E-state index contributed by atoms with van der Waals surface area (Å²) in [6.07, 6.45) is 3.44. The molecule has 0 bridgehead atoms. The minimum absolute atomic E-state index is 0.103. The standard InChI is InChI=1S/C28H32Cl2N2O4S/c1-36-20-4-7-24-22(16-20)27(23(30)18-31-24)25(33)8-9-28(17-26(34)35)10-12-32(13-11-28)14-15-37-21-5-2-19(29)3-6-21/h2-7,16,18,25,33H,8-15,17H2,1H3,(H,34,35)/t25-/m1/s1. The number of nitrogens with zero attached hydrogens (tertiary/aromatic N) is 2. The summed E-state index contributed by atoms with van der Waals surface area (Å²) < 4.78 is 5.35. The number of hydrogen-bond donors (Lipinski definition) is 2. The average Bonchev–Trinajstić information content (AvgIpc) is 2.89. The zero-order valence-electron chi connectivity index (χ0n) is 20.8. The molecule has 37 heavy (non-hydrogen) atoms. The number of methoxy groups -OCH3 is 1. The van der Waals surface area contributed by atoms with E-state index < -0.39 is 12.1 Å². The molecule has 1 aliphatic heterocycles. The van der Waals surface area contributed by atoms with Gasteiger partial charge in [0.1, 0.15) is 5.75 Å². The van der Waals surface area contributed by atoms with Crippen LogP contribution >= 0.6 is 35.0 Å². The van der Waals surface area contributed by atoms with Gasteiger partial charge in [-0.3, -0.25) is 9.78 Å². The minimum atomic E-state index is -0.829. The zero-order chi connectivity index (χ0) is 26.4. The maximum absolute atomic E-state index is 11.8. The number of aliphatic hydroxyl groups is 1. The predicted octanol–water partition coefficient (Wildman–Crippen LogP) is 6.71. The first kappa shape index (κ1) is 28.0. The normalized spacial score (nSPS) is 16.5. The second-order valence-corrected chi connectivity index (χ2v) is 11.7. The van der Waals surface area contributed by atoms with E-state index in [9.17, 15) is 15.0 Å². The molecule has 0 unspecified atom stereocenters. The van der Waals surface area contributed by atoms with E-state index >= 15 is 0 Å². The van der Waals surface area contributed by atoms with E-state index in [0.717, 1.165) is 54.2 Å². The molecule has 2 heterocycles. The van der Waals surface area contributed by atoms with Gasteiger partial charge in [0.25, 0.3) is 0 Å². The molecule has 0 saturated carbocycles. The third-order valence-electron chi connectivity index (χ3n) is 7.28. The van der Waals surface area contributed by atoms with Crippen LogP contribution in [0.1, 0.15) is 43.8 Å². The number of aliphatic hydroxyl groups excluding tert-OH is 1. The molecule has 1 atom stereocenters. The molecule has 1 aliphatic rings. The van der Waals surface area contributed by atoms with Gasteiger partial charge in [-0.15, -0.1) is 11.8 Å². The number of carbonyl (C=O) groups is 1. The number of benzene rings is 2. The predicted molar refractivity (Wildman–Crippen MR) is 150 cm³/mol. The maximum Gasteiger partial charge on any atom is 0.303 e. The van der Waals surface area contributed by atoms with Gasteiger partial charge >= 0.3 is 5.97 Å². The number of thioether (sulfide) groups is 1. The van der Waals surface area contributed by atoms with Gasteiger partial charge in [-0.25, -0.2) is 0 Å². The van der Waals surface area contributed by atoms with Crippen molar-refractivity contribution in [3.05, 3.63) is 64.3 Å². The van der Waals surface area contributed by atoms with Crippen molar-refractivity contribution in [3.63, 3.8) is 0 Å². The van der Waals surface area contributed by atoms with Crippen LogP contribution in [0.15, 0.2) is 53.6 Å². The van der Waals surface area contributed by atoms with Crippen LogP contribution in [0.2, 0.25) is 10.0 Å². The highest BCUT2D eigenvalue weighted by Gasteiger charge is 2.37. The van der Waals surface area contributed by atoms with E-state index in [2.05, 4.69) is 9.88 Å². The van der Waals surface area contributed by atoms with Crippen LogP contribution in [0.5, 0.6) is 5.75 Å². The fourth-order valence-corrected chi connectivity index (χ4v) is 6.45. The lowest BCUT2D eigenvalue weighted by Crippen LogP contribution is -2.42. The number of piperidine rings is 1. The number of likely N-dealkylation sites (tertiary alicyclic amines) is 1. The maximum atomic E-state index is 11.8. The Morgan fingerprint density at radius 3 is 2.59 bits per heavy atom. The van der Waals surface area contributed by atoms with Gasteiger partial charge in [0.2, 0.25) is 0 Å². The van der Waals surface area contributed by atoms with Crippen LogP contribution in [0.4, 0.5) is 0 Å². The van der Waals surface area contributed by atoms with E-state index in [0.29, 0.717) is 29.2 Å². The summed E-state index contributed by atoms with van der Waals surface area (Å²) in [5.74, 6) is 0.830. The van der Waals surface area contributed by atoms with Gasteiger partial charge in [0, 0.05) is 39.4 Å². The molecule has 1 aromatic heterocycles. The first-order chi connectivity index (χ1) is 17.8. The fourth-order valence-electron chi connectivity index (χ4n) is 5.13. The first-order valence-electron chi connectivity index (χ1n) is 12.4. The highest BCUT2D eigenvalue weighted by Crippen LogP contribution is 2.43. The molecule has 0 aliphatic carbocycles. The van der Waals surface area contributed by atoms with Gasteiger partial charge in [0.15, 0.2) is 0 Å². The van der Waals surface area contributed by atoms with Crippen LogP contribution in [-0.2, 0) is 4.79 Å². The second-order valence-electron chi connectivity index (χ2n) is 9.67. The Morgan fingerprint density at radius 1 is 1.19 bits per heavy atom. The second kappa shape index (κ2) is 12.7. The summed E-state index contributed by atoms with van der Waals surface area (Å²) in [5.41, 5.74) is 0.997. The Hall–Kier alpha value is -2.03. The summed E-state index contributed by atoms with van der Waals surface area (Å²) in [6, 6.07) is 13.4. The molecule has 0 spiro atoms.